The highest BCUT2D eigenvalue weighted by molar-refractivity contribution is 5.62. The van der Waals surface area contributed by atoms with Gasteiger partial charge in [0, 0.05) is 24.7 Å². The van der Waals surface area contributed by atoms with Crippen molar-refractivity contribution < 1.29 is 4.39 Å². The van der Waals surface area contributed by atoms with Crippen LogP contribution in [0.5, 0.6) is 0 Å². The van der Waals surface area contributed by atoms with E-state index in [1.807, 2.05) is 47.6 Å². The molecule has 0 bridgehead atoms. The topological polar surface area (TPSA) is 3.24 Å². The van der Waals surface area contributed by atoms with Crippen molar-refractivity contribution in [3.05, 3.63) is 29.6 Å². The first kappa shape index (κ1) is 21.9. The molecule has 2 aliphatic rings. The molecule has 0 aromatic heterocycles. The summed E-state index contributed by atoms with van der Waals surface area (Å²) in [6.07, 6.45) is 5.14. The average Bonchev–Trinajstić information content (AvgIpc) is 2.88. The van der Waals surface area contributed by atoms with E-state index in [4.69, 9.17) is 0 Å². The van der Waals surface area contributed by atoms with Crippen LogP contribution in [0.25, 0.3) is 0 Å². The first-order chi connectivity index (χ1) is 11.1. The van der Waals surface area contributed by atoms with E-state index in [0.29, 0.717) is 5.41 Å². The Morgan fingerprint density at radius 1 is 1.00 bits per heavy atom. The van der Waals surface area contributed by atoms with E-state index in [-0.39, 0.29) is 5.82 Å². The lowest BCUT2D eigenvalue weighted by Gasteiger charge is -2.36. The minimum absolute atomic E-state index is 0.114. The van der Waals surface area contributed by atoms with E-state index in [1.165, 1.54) is 31.2 Å². The molecule has 1 nitrogen and oxygen atoms in total. The third-order valence-electron chi connectivity index (χ3n) is 4.71. The Kier molecular flexibility index (Phi) is 10.2. The highest BCUT2D eigenvalue weighted by Gasteiger charge is 2.43. The molecule has 0 unspecified atom stereocenters. The van der Waals surface area contributed by atoms with Crippen LogP contribution >= 0.6 is 0 Å². The molecule has 1 heterocycles. The van der Waals surface area contributed by atoms with Crippen molar-refractivity contribution in [2.45, 2.75) is 79.6 Å². The van der Waals surface area contributed by atoms with Crippen LogP contribution in [-0.2, 0) is 5.41 Å². The summed E-state index contributed by atoms with van der Waals surface area (Å²) >= 11 is 0. The fourth-order valence-corrected chi connectivity index (χ4v) is 3.64. The van der Waals surface area contributed by atoms with Gasteiger partial charge in [-0.25, -0.2) is 4.39 Å². The molecule has 1 aromatic rings. The Balaban J connectivity index is 0.000000728. The second kappa shape index (κ2) is 10.7. The number of rotatable bonds is 0. The van der Waals surface area contributed by atoms with Crippen molar-refractivity contribution in [2.24, 2.45) is 5.92 Å². The highest BCUT2D eigenvalue weighted by Crippen LogP contribution is 2.49. The van der Waals surface area contributed by atoms with Crippen LogP contribution in [0, 0.1) is 11.7 Å². The van der Waals surface area contributed by atoms with E-state index in [1.54, 1.807) is 12.1 Å². The molecular formula is C21H38FN. The molecule has 0 amide bonds. The van der Waals surface area contributed by atoms with Gasteiger partial charge in [0.1, 0.15) is 5.82 Å². The summed E-state index contributed by atoms with van der Waals surface area (Å²) in [5.41, 5.74) is 2.80. The Labute approximate surface area is 144 Å². The summed E-state index contributed by atoms with van der Waals surface area (Å²) in [4.78, 5) is 2.23. The molecule has 0 radical (unpaired) electrons. The van der Waals surface area contributed by atoms with Gasteiger partial charge in [-0.3, -0.25) is 0 Å². The first-order valence-corrected chi connectivity index (χ1v) is 9.62. The Hall–Kier alpha value is -1.05. The van der Waals surface area contributed by atoms with Gasteiger partial charge in [-0.05, 0) is 49.3 Å². The predicted molar refractivity (Wildman–Crippen MR) is 103 cm³/mol. The molecular weight excluding hydrogens is 285 g/mol. The van der Waals surface area contributed by atoms with E-state index in [2.05, 4.69) is 18.9 Å². The van der Waals surface area contributed by atoms with E-state index in [0.717, 1.165) is 18.2 Å². The van der Waals surface area contributed by atoms with Crippen molar-refractivity contribution in [2.75, 3.05) is 18.5 Å². The molecule has 1 saturated carbocycles. The van der Waals surface area contributed by atoms with Gasteiger partial charge in [0.05, 0.1) is 0 Å². The zero-order valence-corrected chi connectivity index (χ0v) is 16.7. The summed E-state index contributed by atoms with van der Waals surface area (Å²) in [5, 5.41) is 0. The summed E-state index contributed by atoms with van der Waals surface area (Å²) in [5.74, 6) is 0.743. The van der Waals surface area contributed by atoms with E-state index < -0.39 is 0 Å². The smallest absolute Gasteiger partial charge is 0.125 e. The zero-order chi connectivity index (χ0) is 18.0. The van der Waals surface area contributed by atoms with Gasteiger partial charge in [-0.2, -0.15) is 0 Å². The Morgan fingerprint density at radius 2 is 1.52 bits per heavy atom. The first-order valence-electron chi connectivity index (χ1n) is 9.62. The normalized spacial score (nSPS) is 24.4. The van der Waals surface area contributed by atoms with Crippen LogP contribution in [0.4, 0.5) is 10.1 Å². The molecule has 1 spiro atoms. The molecule has 0 atom stereocenters. The van der Waals surface area contributed by atoms with Gasteiger partial charge in [-0.1, -0.05) is 54.5 Å². The lowest BCUT2D eigenvalue weighted by Crippen LogP contribution is -2.35. The largest absolute Gasteiger partial charge is 0.373 e. The summed E-state index contributed by atoms with van der Waals surface area (Å²) in [6, 6.07) is 5.34. The fraction of sp³-hybridized carbons (Fsp3) is 0.714. The molecule has 1 aliphatic heterocycles. The van der Waals surface area contributed by atoms with Gasteiger partial charge in [0.2, 0.25) is 0 Å². The Morgan fingerprint density at radius 3 is 2.04 bits per heavy atom. The van der Waals surface area contributed by atoms with Crippen LogP contribution in [-0.4, -0.2) is 13.6 Å². The maximum atomic E-state index is 13.3. The maximum Gasteiger partial charge on any atom is 0.125 e. The van der Waals surface area contributed by atoms with Crippen molar-refractivity contribution in [3.8, 4) is 0 Å². The molecule has 0 saturated heterocycles. The lowest BCUT2D eigenvalue weighted by molar-refractivity contribution is 0.256. The molecule has 1 aliphatic carbocycles. The third kappa shape index (κ3) is 4.96. The van der Waals surface area contributed by atoms with Gasteiger partial charge < -0.3 is 4.90 Å². The summed E-state index contributed by atoms with van der Waals surface area (Å²) in [6.45, 7) is 15.4. The highest BCUT2D eigenvalue weighted by atomic mass is 19.1. The predicted octanol–water partition coefficient (Wildman–Crippen LogP) is 6.80. The van der Waals surface area contributed by atoms with E-state index in [9.17, 15) is 4.39 Å². The molecule has 3 rings (SSSR count). The molecule has 0 N–H and O–H groups in total. The number of hydrogen-bond donors (Lipinski definition) is 0. The van der Waals surface area contributed by atoms with Crippen LogP contribution in [0.3, 0.4) is 0 Å². The third-order valence-corrected chi connectivity index (χ3v) is 4.71. The molecule has 134 valence electrons. The van der Waals surface area contributed by atoms with Crippen LogP contribution in [0.15, 0.2) is 18.2 Å². The van der Waals surface area contributed by atoms with Gasteiger partial charge in [0.25, 0.3) is 0 Å². The number of hydrogen-bond acceptors (Lipinski definition) is 1. The van der Waals surface area contributed by atoms with Gasteiger partial charge in [0.15, 0.2) is 0 Å². The standard InChI is InChI=1S/C15H20FN.3C2H6/c1-11-5-7-15(8-6-11)10-17(2)14-9-12(16)3-4-13(14)15;3*1-2/h3-4,9,11H,5-8,10H2,1-2H3;3*1-2H3. The minimum Gasteiger partial charge on any atom is -0.373 e. The lowest BCUT2D eigenvalue weighted by atomic mass is 9.68. The van der Waals surface area contributed by atoms with Crippen molar-refractivity contribution in [1.82, 2.24) is 0 Å². The SMILES string of the molecule is CC.CC.CC.CC1CCC2(CC1)CN(C)c1cc(F)ccc12. The van der Waals surface area contributed by atoms with Crippen LogP contribution < -0.4 is 4.90 Å². The molecule has 1 fully saturated rings. The molecule has 23 heavy (non-hydrogen) atoms. The van der Waals surface area contributed by atoms with Gasteiger partial charge >= 0.3 is 0 Å². The Bertz CT molecular complexity index is 433. The quantitative estimate of drug-likeness (QED) is 0.507. The molecule has 2 heteroatoms. The fourth-order valence-electron chi connectivity index (χ4n) is 3.64. The average molecular weight is 324 g/mol. The van der Waals surface area contributed by atoms with Crippen LogP contribution in [0.1, 0.15) is 79.7 Å². The number of anilines is 1. The molecule has 1 aromatic carbocycles. The number of fused-ring (bicyclic) bond motifs is 2. The second-order valence-corrected chi connectivity index (χ2v) is 5.98. The number of halogens is 1. The summed E-state index contributed by atoms with van der Waals surface area (Å²) < 4.78 is 13.3. The number of nitrogens with zero attached hydrogens (tertiary/aromatic N) is 1. The van der Waals surface area contributed by atoms with Crippen molar-refractivity contribution >= 4 is 5.69 Å². The van der Waals surface area contributed by atoms with Gasteiger partial charge in [-0.15, -0.1) is 0 Å². The summed E-state index contributed by atoms with van der Waals surface area (Å²) in [7, 11) is 2.09. The van der Waals surface area contributed by atoms with Crippen molar-refractivity contribution in [3.63, 3.8) is 0 Å². The van der Waals surface area contributed by atoms with E-state index >= 15 is 0 Å². The number of likely N-dealkylation sites (N-methyl/N-ethyl adjacent to an activating group) is 1. The maximum absolute atomic E-state index is 13.3. The van der Waals surface area contributed by atoms with Crippen molar-refractivity contribution in [1.29, 1.82) is 0 Å². The zero-order valence-electron chi connectivity index (χ0n) is 16.7. The second-order valence-electron chi connectivity index (χ2n) is 5.98. The van der Waals surface area contributed by atoms with Crippen LogP contribution in [0.2, 0.25) is 0 Å². The number of benzene rings is 1. The monoisotopic (exact) mass is 323 g/mol. The minimum atomic E-state index is -0.114.